The molecule has 18 heavy (non-hydrogen) atoms. The lowest BCUT2D eigenvalue weighted by Crippen LogP contribution is -2.50. The normalized spacial score (nSPS) is 17.4. The lowest BCUT2D eigenvalue weighted by atomic mass is 9.99. The van der Waals surface area contributed by atoms with E-state index in [0.717, 1.165) is 30.3 Å². The lowest BCUT2D eigenvalue weighted by molar-refractivity contribution is 0.167. The Balaban J connectivity index is 1.94. The molecule has 5 nitrogen and oxygen atoms in total. The van der Waals surface area contributed by atoms with Crippen LogP contribution in [0.2, 0.25) is 0 Å². The number of nitrogens with one attached hydrogen (secondary N) is 2. The average molecular weight is 314 g/mol. The number of aromatic nitrogens is 1. The van der Waals surface area contributed by atoms with Crippen molar-refractivity contribution in [1.29, 1.82) is 0 Å². The number of pyridine rings is 1. The number of carbonyl (C=O) groups is 1. The summed E-state index contributed by atoms with van der Waals surface area (Å²) in [5, 5.41) is 15.0. The van der Waals surface area contributed by atoms with Crippen LogP contribution in [0.4, 0.5) is 10.5 Å². The summed E-state index contributed by atoms with van der Waals surface area (Å²) in [6.45, 7) is -0.0149. The molecule has 1 fully saturated rings. The number of aliphatic hydroxyl groups excluding tert-OH is 1. The van der Waals surface area contributed by atoms with E-state index in [4.69, 9.17) is 0 Å². The summed E-state index contributed by atoms with van der Waals surface area (Å²) in [4.78, 5) is 15.9. The Bertz CT molecular complexity index is 416. The second kappa shape index (κ2) is 5.67. The van der Waals surface area contributed by atoms with Gasteiger partial charge in [-0.3, -0.25) is 0 Å². The smallest absolute Gasteiger partial charge is 0.319 e. The van der Waals surface area contributed by atoms with E-state index in [1.165, 1.54) is 0 Å². The molecule has 2 rings (SSSR count). The third-order valence-corrected chi connectivity index (χ3v) is 3.70. The van der Waals surface area contributed by atoms with E-state index in [0.29, 0.717) is 5.69 Å². The number of rotatable bonds is 3. The van der Waals surface area contributed by atoms with Gasteiger partial charge in [-0.1, -0.05) is 12.8 Å². The Morgan fingerprint density at radius 3 is 2.72 bits per heavy atom. The maximum atomic E-state index is 11.8. The summed E-state index contributed by atoms with van der Waals surface area (Å²) in [6, 6.07) is 3.22. The van der Waals surface area contributed by atoms with Crippen molar-refractivity contribution in [3.8, 4) is 0 Å². The summed E-state index contributed by atoms with van der Waals surface area (Å²) in [5.74, 6) is 0. The second-order valence-electron chi connectivity index (χ2n) is 4.59. The minimum Gasteiger partial charge on any atom is -0.394 e. The quantitative estimate of drug-likeness (QED) is 0.749. The van der Waals surface area contributed by atoms with Gasteiger partial charge in [0.1, 0.15) is 4.60 Å². The zero-order valence-electron chi connectivity index (χ0n) is 9.95. The van der Waals surface area contributed by atoms with E-state index in [1.54, 1.807) is 18.3 Å². The zero-order chi connectivity index (χ0) is 13.0. The molecule has 2 amide bonds. The van der Waals surface area contributed by atoms with E-state index in [1.807, 2.05) is 0 Å². The Kier molecular flexibility index (Phi) is 4.19. The van der Waals surface area contributed by atoms with E-state index < -0.39 is 5.54 Å². The van der Waals surface area contributed by atoms with Crippen molar-refractivity contribution in [2.75, 3.05) is 11.9 Å². The first kappa shape index (κ1) is 13.3. The highest BCUT2D eigenvalue weighted by molar-refractivity contribution is 9.10. The first-order valence-electron chi connectivity index (χ1n) is 5.95. The molecular weight excluding hydrogens is 298 g/mol. The molecule has 0 aromatic carbocycles. The van der Waals surface area contributed by atoms with Crippen molar-refractivity contribution in [3.63, 3.8) is 0 Å². The van der Waals surface area contributed by atoms with E-state index in [2.05, 4.69) is 31.5 Å². The van der Waals surface area contributed by atoms with Gasteiger partial charge in [0.2, 0.25) is 0 Å². The van der Waals surface area contributed by atoms with E-state index >= 15 is 0 Å². The fourth-order valence-electron chi connectivity index (χ4n) is 2.23. The van der Waals surface area contributed by atoms with Gasteiger partial charge >= 0.3 is 6.03 Å². The average Bonchev–Trinajstić information content (AvgIpc) is 2.81. The molecule has 1 aliphatic carbocycles. The van der Waals surface area contributed by atoms with E-state index in [9.17, 15) is 9.90 Å². The number of aliphatic hydroxyl groups is 1. The number of carbonyl (C=O) groups excluding carboxylic acids is 1. The van der Waals surface area contributed by atoms with Crippen LogP contribution in [0.1, 0.15) is 25.7 Å². The van der Waals surface area contributed by atoms with Crippen molar-refractivity contribution >= 4 is 27.6 Å². The van der Waals surface area contributed by atoms with Crippen molar-refractivity contribution in [2.45, 2.75) is 31.2 Å². The second-order valence-corrected chi connectivity index (χ2v) is 5.41. The molecule has 0 saturated heterocycles. The first-order chi connectivity index (χ1) is 8.63. The minimum absolute atomic E-state index is 0.0149. The van der Waals surface area contributed by atoms with Gasteiger partial charge in [-0.25, -0.2) is 9.78 Å². The van der Waals surface area contributed by atoms with Gasteiger partial charge in [-0.15, -0.1) is 0 Å². The van der Waals surface area contributed by atoms with Gasteiger partial charge in [0.15, 0.2) is 0 Å². The fourth-order valence-corrected chi connectivity index (χ4v) is 2.46. The molecule has 1 heterocycles. The van der Waals surface area contributed by atoms with Crippen molar-refractivity contribution < 1.29 is 9.90 Å². The Labute approximate surface area is 114 Å². The number of amides is 2. The number of halogens is 1. The lowest BCUT2D eigenvalue weighted by Gasteiger charge is -2.27. The molecule has 1 saturated carbocycles. The molecule has 1 aromatic rings. The summed E-state index contributed by atoms with van der Waals surface area (Å²) in [6.07, 6.45) is 5.32. The molecule has 1 aromatic heterocycles. The van der Waals surface area contributed by atoms with Gasteiger partial charge in [0, 0.05) is 0 Å². The van der Waals surface area contributed by atoms with Crippen LogP contribution in [0.15, 0.2) is 22.9 Å². The van der Waals surface area contributed by atoms with Gasteiger partial charge < -0.3 is 15.7 Å². The monoisotopic (exact) mass is 313 g/mol. The summed E-state index contributed by atoms with van der Waals surface area (Å²) in [5.41, 5.74) is 0.175. The molecule has 0 radical (unpaired) electrons. The van der Waals surface area contributed by atoms with Crippen LogP contribution in [0.3, 0.4) is 0 Å². The number of nitrogens with zero attached hydrogens (tertiary/aromatic N) is 1. The standard InChI is InChI=1S/C12H16BrN3O2/c13-10-4-3-9(7-14-10)15-11(18)16-12(8-17)5-1-2-6-12/h3-4,7,17H,1-2,5-6,8H2,(H2,15,16,18). The third-order valence-electron chi connectivity index (χ3n) is 3.23. The Hall–Kier alpha value is -1.14. The van der Waals surface area contributed by atoms with Crippen LogP contribution in [0.5, 0.6) is 0 Å². The maximum Gasteiger partial charge on any atom is 0.319 e. The van der Waals surface area contributed by atoms with Crippen molar-refractivity contribution in [1.82, 2.24) is 10.3 Å². The van der Waals surface area contributed by atoms with Gasteiger partial charge in [-0.2, -0.15) is 0 Å². The van der Waals surface area contributed by atoms with Gasteiger partial charge in [0.25, 0.3) is 0 Å². The predicted molar refractivity (Wildman–Crippen MR) is 72.4 cm³/mol. The Morgan fingerprint density at radius 2 is 2.17 bits per heavy atom. The summed E-state index contributed by atoms with van der Waals surface area (Å²) >= 11 is 3.23. The van der Waals surface area contributed by atoms with E-state index in [-0.39, 0.29) is 12.6 Å². The van der Waals surface area contributed by atoms with Crippen molar-refractivity contribution in [2.24, 2.45) is 0 Å². The SMILES string of the molecule is O=C(Nc1ccc(Br)nc1)NC1(CO)CCCC1. The topological polar surface area (TPSA) is 74.2 Å². The number of hydrogen-bond donors (Lipinski definition) is 3. The largest absolute Gasteiger partial charge is 0.394 e. The highest BCUT2D eigenvalue weighted by Gasteiger charge is 2.34. The van der Waals surface area contributed by atoms with Crippen molar-refractivity contribution in [3.05, 3.63) is 22.9 Å². The zero-order valence-corrected chi connectivity index (χ0v) is 11.5. The molecule has 0 unspecified atom stereocenters. The van der Waals surface area contributed by atoms with Gasteiger partial charge in [-0.05, 0) is 40.9 Å². The summed E-state index contributed by atoms with van der Waals surface area (Å²) in [7, 11) is 0. The van der Waals surface area contributed by atoms with Gasteiger partial charge in [0.05, 0.1) is 24.0 Å². The fraction of sp³-hybridized carbons (Fsp3) is 0.500. The van der Waals surface area contributed by atoms with Crippen LogP contribution in [-0.2, 0) is 0 Å². The molecule has 1 aliphatic rings. The molecule has 0 atom stereocenters. The molecule has 0 bridgehead atoms. The molecule has 0 spiro atoms. The number of urea groups is 1. The Morgan fingerprint density at radius 1 is 1.44 bits per heavy atom. The molecule has 3 N–H and O–H groups in total. The van der Waals surface area contributed by atoms with Crippen LogP contribution in [0.25, 0.3) is 0 Å². The molecule has 6 heteroatoms. The first-order valence-corrected chi connectivity index (χ1v) is 6.74. The number of hydrogen-bond acceptors (Lipinski definition) is 3. The molecular formula is C12H16BrN3O2. The predicted octanol–water partition coefficient (Wildman–Crippen LogP) is 2.27. The van der Waals surface area contributed by atoms with Crippen LogP contribution < -0.4 is 10.6 Å². The third kappa shape index (κ3) is 3.20. The molecule has 0 aliphatic heterocycles. The summed E-state index contributed by atoms with van der Waals surface area (Å²) < 4.78 is 0.719. The minimum atomic E-state index is -0.452. The van der Waals surface area contributed by atoms with Crippen LogP contribution >= 0.6 is 15.9 Å². The van der Waals surface area contributed by atoms with Crippen LogP contribution in [0, 0.1) is 0 Å². The maximum absolute atomic E-state index is 11.8. The number of anilines is 1. The highest BCUT2D eigenvalue weighted by atomic mass is 79.9. The van der Waals surface area contributed by atoms with Crippen LogP contribution in [-0.4, -0.2) is 28.3 Å². The highest BCUT2D eigenvalue weighted by Crippen LogP contribution is 2.29. The molecule has 98 valence electrons.